The van der Waals surface area contributed by atoms with Gasteiger partial charge in [-0.3, -0.25) is 10.2 Å². The third-order valence-corrected chi connectivity index (χ3v) is 4.82. The Morgan fingerprint density at radius 1 is 1.42 bits per heavy atom. The Morgan fingerprint density at radius 3 is 2.77 bits per heavy atom. The lowest BCUT2D eigenvalue weighted by atomic mass is 9.92. The number of methoxy groups -OCH3 is 1. The molecule has 8 nitrogen and oxygen atoms in total. The van der Waals surface area contributed by atoms with Crippen LogP contribution in [-0.2, 0) is 15.1 Å². The molecule has 1 aromatic rings. The molecule has 2 fully saturated rings. The molecule has 0 radical (unpaired) electrons. The van der Waals surface area contributed by atoms with Crippen LogP contribution in [0.3, 0.4) is 0 Å². The normalized spacial score (nSPS) is 25.2. The summed E-state index contributed by atoms with van der Waals surface area (Å²) in [6, 6.07) is 6.41. The molecule has 140 valence electrons. The molecule has 2 aliphatic heterocycles. The molecular formula is C17H22N4O4S. The first-order valence-corrected chi connectivity index (χ1v) is 8.82. The summed E-state index contributed by atoms with van der Waals surface area (Å²) in [6.45, 7) is 2.94. The quantitative estimate of drug-likeness (QED) is 0.520. The van der Waals surface area contributed by atoms with Crippen LogP contribution >= 0.6 is 12.2 Å². The SMILES string of the molecule is COc1ccc([C@@]2(C)NC(=O)N(NC(=S)NC[C@H]3CCCO3)C2=O)cc1. The molecule has 2 heterocycles. The van der Waals surface area contributed by atoms with E-state index >= 15 is 0 Å². The van der Waals surface area contributed by atoms with Gasteiger partial charge >= 0.3 is 6.03 Å². The van der Waals surface area contributed by atoms with Gasteiger partial charge < -0.3 is 20.1 Å². The highest BCUT2D eigenvalue weighted by Crippen LogP contribution is 2.29. The third kappa shape index (κ3) is 3.58. The Hall–Kier alpha value is -2.39. The van der Waals surface area contributed by atoms with Crippen molar-refractivity contribution in [1.29, 1.82) is 0 Å². The fraction of sp³-hybridized carbons (Fsp3) is 0.471. The first kappa shape index (κ1) is 18.4. The largest absolute Gasteiger partial charge is 0.497 e. The second-order valence-corrected chi connectivity index (χ2v) is 6.79. The van der Waals surface area contributed by atoms with Crippen LogP contribution < -0.4 is 20.8 Å². The van der Waals surface area contributed by atoms with Gasteiger partial charge in [-0.2, -0.15) is 5.01 Å². The molecule has 2 aliphatic rings. The van der Waals surface area contributed by atoms with Gasteiger partial charge in [-0.15, -0.1) is 0 Å². The number of carbonyl (C=O) groups excluding carboxylic acids is 2. The minimum atomic E-state index is -1.18. The van der Waals surface area contributed by atoms with Crippen molar-refractivity contribution in [2.45, 2.75) is 31.4 Å². The maximum absolute atomic E-state index is 12.8. The molecule has 26 heavy (non-hydrogen) atoms. The van der Waals surface area contributed by atoms with E-state index in [1.807, 2.05) is 0 Å². The summed E-state index contributed by atoms with van der Waals surface area (Å²) in [6.07, 6.45) is 2.09. The molecule has 9 heteroatoms. The van der Waals surface area contributed by atoms with E-state index in [0.717, 1.165) is 24.5 Å². The van der Waals surface area contributed by atoms with Crippen LogP contribution in [0.5, 0.6) is 5.75 Å². The van der Waals surface area contributed by atoms with Crippen LogP contribution in [0.1, 0.15) is 25.3 Å². The van der Waals surface area contributed by atoms with Gasteiger partial charge in [-0.25, -0.2) is 4.79 Å². The van der Waals surface area contributed by atoms with E-state index in [2.05, 4.69) is 16.1 Å². The number of urea groups is 1. The predicted molar refractivity (Wildman–Crippen MR) is 98.4 cm³/mol. The molecule has 3 N–H and O–H groups in total. The van der Waals surface area contributed by atoms with Gasteiger partial charge in [0.05, 0.1) is 13.2 Å². The number of hydrazine groups is 1. The van der Waals surface area contributed by atoms with Crippen molar-refractivity contribution in [3.8, 4) is 5.75 Å². The number of thiocarbonyl (C=S) groups is 1. The first-order valence-electron chi connectivity index (χ1n) is 8.41. The number of hydrogen-bond acceptors (Lipinski definition) is 5. The van der Waals surface area contributed by atoms with E-state index in [4.69, 9.17) is 21.7 Å². The zero-order valence-corrected chi connectivity index (χ0v) is 15.5. The molecule has 1 aromatic carbocycles. The highest BCUT2D eigenvalue weighted by atomic mass is 32.1. The molecule has 0 aromatic heterocycles. The third-order valence-electron chi connectivity index (χ3n) is 4.59. The fourth-order valence-electron chi connectivity index (χ4n) is 3.01. The number of nitrogens with one attached hydrogen (secondary N) is 3. The summed E-state index contributed by atoms with van der Waals surface area (Å²) in [5.74, 6) is 0.234. The van der Waals surface area contributed by atoms with E-state index in [1.54, 1.807) is 38.3 Å². The van der Waals surface area contributed by atoms with Gasteiger partial charge in [-0.1, -0.05) is 12.1 Å². The Morgan fingerprint density at radius 2 is 2.15 bits per heavy atom. The number of benzene rings is 1. The van der Waals surface area contributed by atoms with Gasteiger partial charge in [-0.05, 0) is 49.7 Å². The zero-order valence-electron chi connectivity index (χ0n) is 14.7. The summed E-state index contributed by atoms with van der Waals surface area (Å²) in [4.78, 5) is 25.1. The van der Waals surface area contributed by atoms with Gasteiger partial charge in [0, 0.05) is 13.2 Å². The Kier molecular flexibility index (Phi) is 5.28. The average Bonchev–Trinajstić information content (AvgIpc) is 3.23. The monoisotopic (exact) mass is 378 g/mol. The summed E-state index contributed by atoms with van der Waals surface area (Å²) >= 11 is 5.19. The Balaban J connectivity index is 1.64. The number of imide groups is 1. The molecule has 3 amide bonds. The summed E-state index contributed by atoms with van der Waals surface area (Å²) in [5, 5.41) is 6.78. The smallest absolute Gasteiger partial charge is 0.344 e. The minimum absolute atomic E-state index is 0.0995. The number of rotatable bonds is 5. The Labute approximate surface area is 157 Å². The lowest BCUT2D eigenvalue weighted by molar-refractivity contribution is -0.132. The van der Waals surface area contributed by atoms with Gasteiger partial charge in [0.15, 0.2) is 5.11 Å². The summed E-state index contributed by atoms with van der Waals surface area (Å²) < 4.78 is 10.6. The molecule has 0 bridgehead atoms. The molecule has 3 rings (SSSR count). The maximum Gasteiger partial charge on any atom is 0.344 e. The van der Waals surface area contributed by atoms with E-state index in [1.165, 1.54) is 0 Å². The second-order valence-electron chi connectivity index (χ2n) is 6.38. The van der Waals surface area contributed by atoms with Crippen molar-refractivity contribution in [2.75, 3.05) is 20.3 Å². The number of carbonyl (C=O) groups is 2. The van der Waals surface area contributed by atoms with Crippen molar-refractivity contribution in [3.63, 3.8) is 0 Å². The van der Waals surface area contributed by atoms with Crippen molar-refractivity contribution < 1.29 is 19.1 Å². The highest BCUT2D eigenvalue weighted by Gasteiger charge is 2.49. The molecule has 2 atom stereocenters. The van der Waals surface area contributed by atoms with Gasteiger partial charge in [0.2, 0.25) is 0 Å². The van der Waals surface area contributed by atoms with Gasteiger partial charge in [0.1, 0.15) is 11.3 Å². The second kappa shape index (κ2) is 7.46. The van der Waals surface area contributed by atoms with Crippen LogP contribution in [-0.4, -0.2) is 48.4 Å². The van der Waals surface area contributed by atoms with Crippen LogP contribution in [0.4, 0.5) is 4.79 Å². The lowest BCUT2D eigenvalue weighted by Gasteiger charge is -2.23. The predicted octanol–water partition coefficient (Wildman–Crippen LogP) is 1.02. The van der Waals surface area contributed by atoms with Crippen molar-refractivity contribution in [1.82, 2.24) is 21.1 Å². The highest BCUT2D eigenvalue weighted by molar-refractivity contribution is 7.80. The fourth-order valence-corrected chi connectivity index (χ4v) is 3.19. The van der Waals surface area contributed by atoms with Crippen LogP contribution in [0.15, 0.2) is 24.3 Å². The zero-order chi connectivity index (χ0) is 18.7. The van der Waals surface area contributed by atoms with Crippen molar-refractivity contribution in [3.05, 3.63) is 29.8 Å². The molecule has 0 aliphatic carbocycles. The maximum atomic E-state index is 12.8. The van der Waals surface area contributed by atoms with Crippen molar-refractivity contribution in [2.24, 2.45) is 0 Å². The topological polar surface area (TPSA) is 91.9 Å². The number of hydrogen-bond donors (Lipinski definition) is 3. The molecular weight excluding hydrogens is 356 g/mol. The standard InChI is InChI=1S/C17H22N4O4S/c1-17(11-5-7-12(24-2)8-6-11)14(22)21(16(23)19-17)20-15(26)18-10-13-4-3-9-25-13/h5-8,13H,3-4,9-10H2,1-2H3,(H,19,23)(H2,18,20,26)/t13-,17-/m1/s1. The molecule has 0 saturated carbocycles. The van der Waals surface area contributed by atoms with Crippen LogP contribution in [0.25, 0.3) is 0 Å². The molecule has 2 saturated heterocycles. The average molecular weight is 378 g/mol. The Bertz CT molecular complexity index is 705. The van der Waals surface area contributed by atoms with Crippen LogP contribution in [0, 0.1) is 0 Å². The molecule has 0 unspecified atom stereocenters. The van der Waals surface area contributed by atoms with Crippen molar-refractivity contribution >= 4 is 29.3 Å². The number of ether oxygens (including phenoxy) is 2. The van der Waals surface area contributed by atoms with Gasteiger partial charge in [0.25, 0.3) is 5.91 Å². The van der Waals surface area contributed by atoms with Crippen LogP contribution in [0.2, 0.25) is 0 Å². The first-order chi connectivity index (χ1) is 12.4. The number of amides is 3. The van der Waals surface area contributed by atoms with E-state index < -0.39 is 17.5 Å². The lowest BCUT2D eigenvalue weighted by Crippen LogP contribution is -2.52. The number of nitrogens with zero attached hydrogens (tertiary/aromatic N) is 1. The molecule has 0 spiro atoms. The van der Waals surface area contributed by atoms with E-state index in [0.29, 0.717) is 17.9 Å². The van der Waals surface area contributed by atoms with E-state index in [-0.39, 0.29) is 11.2 Å². The van der Waals surface area contributed by atoms with E-state index in [9.17, 15) is 9.59 Å². The minimum Gasteiger partial charge on any atom is -0.497 e. The summed E-state index contributed by atoms with van der Waals surface area (Å²) in [5.41, 5.74) is 2.13. The summed E-state index contributed by atoms with van der Waals surface area (Å²) in [7, 11) is 1.56.